The first-order valence-electron chi connectivity index (χ1n) is 4.94. The van der Waals surface area contributed by atoms with Crippen molar-refractivity contribution in [3.63, 3.8) is 0 Å². The Kier molecular flexibility index (Phi) is 2.79. The highest BCUT2D eigenvalue weighted by molar-refractivity contribution is 9.10. The van der Waals surface area contributed by atoms with Gasteiger partial charge < -0.3 is 10.6 Å². The fraction of sp³-hybridized carbons (Fsp3) is 0.455. The van der Waals surface area contributed by atoms with Gasteiger partial charge >= 0.3 is 0 Å². The zero-order chi connectivity index (χ0) is 10.1. The van der Waals surface area contributed by atoms with Crippen LogP contribution in [0.25, 0.3) is 0 Å². The van der Waals surface area contributed by atoms with Gasteiger partial charge in [-0.05, 0) is 47.4 Å². The topological polar surface area (TPSA) is 24.1 Å². The summed E-state index contributed by atoms with van der Waals surface area (Å²) >= 11 is 3.63. The van der Waals surface area contributed by atoms with Gasteiger partial charge in [-0.3, -0.25) is 0 Å². The zero-order valence-corrected chi connectivity index (χ0v) is 10.1. The van der Waals surface area contributed by atoms with Crippen molar-refractivity contribution < 1.29 is 0 Å². The van der Waals surface area contributed by atoms with E-state index in [1.807, 2.05) is 7.05 Å². The number of hydrogen-bond donors (Lipinski definition) is 2. The Morgan fingerprint density at radius 2 is 2.29 bits per heavy atom. The van der Waals surface area contributed by atoms with Crippen LogP contribution in [0.5, 0.6) is 0 Å². The van der Waals surface area contributed by atoms with E-state index in [-0.39, 0.29) is 0 Å². The number of benzene rings is 1. The summed E-state index contributed by atoms with van der Waals surface area (Å²) in [6.07, 6.45) is 1.15. The molecule has 0 spiro atoms. The molecular formula is C11H15BrN2. The number of fused-ring (bicyclic) bond motifs is 1. The Morgan fingerprint density at radius 1 is 1.50 bits per heavy atom. The van der Waals surface area contributed by atoms with Gasteiger partial charge in [-0.25, -0.2) is 0 Å². The first kappa shape index (κ1) is 9.99. The molecule has 0 aromatic heterocycles. The molecule has 1 unspecified atom stereocenters. The van der Waals surface area contributed by atoms with E-state index in [0.29, 0.717) is 6.04 Å². The molecule has 76 valence electrons. The van der Waals surface area contributed by atoms with Gasteiger partial charge in [-0.2, -0.15) is 0 Å². The quantitative estimate of drug-likeness (QED) is 0.806. The van der Waals surface area contributed by atoms with E-state index in [4.69, 9.17) is 0 Å². The average Bonchev–Trinajstić information content (AvgIpc) is 2.23. The van der Waals surface area contributed by atoms with Crippen molar-refractivity contribution in [1.82, 2.24) is 5.32 Å². The lowest BCUT2D eigenvalue weighted by atomic mass is 9.97. The molecule has 3 heteroatoms. The molecule has 1 aliphatic heterocycles. The minimum absolute atomic E-state index is 0.489. The molecule has 0 fully saturated rings. The van der Waals surface area contributed by atoms with Gasteiger partial charge in [-0.15, -0.1) is 0 Å². The third kappa shape index (κ3) is 1.55. The van der Waals surface area contributed by atoms with Crippen LogP contribution in [-0.2, 0) is 0 Å². The fourth-order valence-corrected chi connectivity index (χ4v) is 2.46. The van der Waals surface area contributed by atoms with E-state index in [1.54, 1.807) is 0 Å². The highest BCUT2D eigenvalue weighted by Gasteiger charge is 2.20. The van der Waals surface area contributed by atoms with Crippen molar-refractivity contribution in [3.05, 3.63) is 27.7 Å². The van der Waals surface area contributed by atoms with Crippen LogP contribution in [0.3, 0.4) is 0 Å². The summed E-state index contributed by atoms with van der Waals surface area (Å²) in [6.45, 7) is 3.16. The predicted molar refractivity (Wildman–Crippen MR) is 63.8 cm³/mol. The van der Waals surface area contributed by atoms with E-state index in [9.17, 15) is 0 Å². The van der Waals surface area contributed by atoms with Crippen molar-refractivity contribution in [3.8, 4) is 0 Å². The molecule has 2 nitrogen and oxygen atoms in total. The second kappa shape index (κ2) is 3.91. The zero-order valence-electron chi connectivity index (χ0n) is 8.52. The number of nitrogens with one attached hydrogen (secondary N) is 2. The Balaban J connectivity index is 2.50. The van der Waals surface area contributed by atoms with E-state index in [1.165, 1.54) is 21.3 Å². The molecular weight excluding hydrogens is 240 g/mol. The van der Waals surface area contributed by atoms with Gasteiger partial charge in [0.05, 0.1) is 5.69 Å². The summed E-state index contributed by atoms with van der Waals surface area (Å²) in [6, 6.07) is 4.87. The number of halogens is 1. The first-order valence-corrected chi connectivity index (χ1v) is 5.73. The first-order chi connectivity index (χ1) is 6.74. The van der Waals surface area contributed by atoms with Crippen LogP contribution in [-0.4, -0.2) is 13.6 Å². The van der Waals surface area contributed by atoms with Crippen LogP contribution < -0.4 is 10.6 Å². The van der Waals surface area contributed by atoms with Crippen LogP contribution in [0.1, 0.15) is 23.6 Å². The van der Waals surface area contributed by atoms with Gasteiger partial charge in [0.2, 0.25) is 0 Å². The number of hydrogen-bond acceptors (Lipinski definition) is 2. The molecule has 14 heavy (non-hydrogen) atoms. The van der Waals surface area contributed by atoms with Crippen LogP contribution in [0, 0.1) is 6.92 Å². The minimum atomic E-state index is 0.489. The summed E-state index contributed by atoms with van der Waals surface area (Å²) in [5.74, 6) is 0. The minimum Gasteiger partial charge on any atom is -0.384 e. The Hall–Kier alpha value is -0.540. The monoisotopic (exact) mass is 254 g/mol. The Morgan fingerprint density at radius 3 is 3.00 bits per heavy atom. The lowest BCUT2D eigenvalue weighted by Crippen LogP contribution is -2.25. The fourth-order valence-electron chi connectivity index (χ4n) is 1.96. The van der Waals surface area contributed by atoms with Gasteiger partial charge in [0.15, 0.2) is 0 Å². The van der Waals surface area contributed by atoms with Gasteiger partial charge in [0, 0.05) is 17.1 Å². The van der Waals surface area contributed by atoms with Crippen LogP contribution in [0.2, 0.25) is 0 Å². The lowest BCUT2D eigenvalue weighted by molar-refractivity contribution is 0.550. The second-order valence-electron chi connectivity index (χ2n) is 3.72. The lowest BCUT2D eigenvalue weighted by Gasteiger charge is -2.27. The highest BCUT2D eigenvalue weighted by Crippen LogP contribution is 2.37. The van der Waals surface area contributed by atoms with E-state index in [0.717, 1.165) is 13.0 Å². The van der Waals surface area contributed by atoms with Crippen molar-refractivity contribution in [2.45, 2.75) is 19.4 Å². The van der Waals surface area contributed by atoms with Crippen molar-refractivity contribution >= 4 is 21.6 Å². The molecule has 0 saturated heterocycles. The maximum atomic E-state index is 3.63. The molecule has 0 saturated carbocycles. The van der Waals surface area contributed by atoms with Crippen LogP contribution >= 0.6 is 15.9 Å². The Bertz CT molecular complexity index is 349. The van der Waals surface area contributed by atoms with Crippen LogP contribution in [0.4, 0.5) is 5.69 Å². The van der Waals surface area contributed by atoms with Gasteiger partial charge in [0.25, 0.3) is 0 Å². The van der Waals surface area contributed by atoms with Crippen molar-refractivity contribution in [2.24, 2.45) is 0 Å². The van der Waals surface area contributed by atoms with Gasteiger partial charge in [-0.1, -0.05) is 12.1 Å². The molecule has 1 atom stereocenters. The SMILES string of the molecule is CNC1CCNc2c1ccc(C)c2Br. The molecule has 0 bridgehead atoms. The standard InChI is InChI=1S/C11H15BrN2/c1-7-3-4-8-9(13-2)5-6-14-11(8)10(7)12/h3-4,9,13-14H,5-6H2,1-2H3. The van der Waals surface area contributed by atoms with Crippen molar-refractivity contribution in [1.29, 1.82) is 0 Å². The summed E-state index contributed by atoms with van der Waals surface area (Å²) in [5, 5.41) is 6.80. The molecule has 1 aliphatic rings. The predicted octanol–water partition coefficient (Wildman–Crippen LogP) is 2.83. The van der Waals surface area contributed by atoms with E-state index < -0.39 is 0 Å². The Labute approximate surface area is 93.2 Å². The number of anilines is 1. The number of aryl methyl sites for hydroxylation is 1. The molecule has 1 aromatic carbocycles. The molecule has 0 amide bonds. The molecule has 1 aromatic rings. The third-order valence-electron chi connectivity index (χ3n) is 2.83. The van der Waals surface area contributed by atoms with Gasteiger partial charge in [0.1, 0.15) is 0 Å². The van der Waals surface area contributed by atoms with Crippen LogP contribution in [0.15, 0.2) is 16.6 Å². The summed E-state index contributed by atoms with van der Waals surface area (Å²) in [4.78, 5) is 0. The van der Waals surface area contributed by atoms with E-state index >= 15 is 0 Å². The summed E-state index contributed by atoms with van der Waals surface area (Å²) in [7, 11) is 2.02. The molecule has 0 aliphatic carbocycles. The normalized spacial score (nSPS) is 20.1. The third-order valence-corrected chi connectivity index (χ3v) is 3.85. The second-order valence-corrected chi connectivity index (χ2v) is 4.51. The smallest absolute Gasteiger partial charge is 0.0535 e. The maximum Gasteiger partial charge on any atom is 0.0535 e. The molecule has 2 rings (SSSR count). The largest absolute Gasteiger partial charge is 0.384 e. The van der Waals surface area contributed by atoms with E-state index in [2.05, 4.69) is 45.6 Å². The highest BCUT2D eigenvalue weighted by atomic mass is 79.9. The number of rotatable bonds is 1. The van der Waals surface area contributed by atoms with Crippen molar-refractivity contribution in [2.75, 3.05) is 18.9 Å². The molecule has 2 N–H and O–H groups in total. The molecule has 0 radical (unpaired) electrons. The average molecular weight is 255 g/mol. The summed E-state index contributed by atoms with van der Waals surface area (Å²) in [5.41, 5.74) is 3.92. The molecule has 1 heterocycles. The maximum absolute atomic E-state index is 3.63. The summed E-state index contributed by atoms with van der Waals surface area (Å²) < 4.78 is 1.20.